The Labute approximate surface area is 121 Å². The third kappa shape index (κ3) is 3.23. The average Bonchev–Trinajstić information content (AvgIpc) is 2.32. The van der Waals surface area contributed by atoms with Crippen LogP contribution in [0, 0.1) is 5.92 Å². The van der Waals surface area contributed by atoms with Gasteiger partial charge >= 0.3 is 12.1 Å². The van der Waals surface area contributed by atoms with Crippen molar-refractivity contribution in [1.29, 1.82) is 0 Å². The molecular formula is C12H11BrF3NO3. The van der Waals surface area contributed by atoms with E-state index in [0.717, 1.165) is 6.07 Å². The van der Waals surface area contributed by atoms with Crippen LogP contribution in [-0.4, -0.2) is 24.2 Å². The molecule has 1 aliphatic carbocycles. The summed E-state index contributed by atoms with van der Waals surface area (Å²) in [7, 11) is 1.27. The molecule has 0 amide bonds. The summed E-state index contributed by atoms with van der Waals surface area (Å²) in [6, 6.07) is 0.915. The maximum Gasteiger partial charge on any atom is 0.421 e. The molecule has 0 saturated heterocycles. The third-order valence-electron chi connectivity index (χ3n) is 3.03. The molecule has 110 valence electrons. The minimum atomic E-state index is -4.54. The summed E-state index contributed by atoms with van der Waals surface area (Å²) in [6.45, 7) is 0. The Morgan fingerprint density at radius 1 is 1.45 bits per heavy atom. The van der Waals surface area contributed by atoms with Gasteiger partial charge < -0.3 is 9.47 Å². The standard InChI is InChI=1S/C12H11BrF3NO3/c1-19-11(18)6-2-8(3-6)20-10-9(12(14,15)16)4-7(13)5-17-10/h4-6,8H,2-3H2,1H3/t6-,8-. The maximum atomic E-state index is 12.8. The third-order valence-corrected chi connectivity index (χ3v) is 3.46. The van der Waals surface area contributed by atoms with Crippen LogP contribution < -0.4 is 4.74 Å². The van der Waals surface area contributed by atoms with Gasteiger partial charge in [0, 0.05) is 10.7 Å². The van der Waals surface area contributed by atoms with E-state index in [2.05, 4.69) is 25.7 Å². The summed E-state index contributed by atoms with van der Waals surface area (Å²) in [5.74, 6) is -1.14. The molecule has 0 N–H and O–H groups in total. The monoisotopic (exact) mass is 353 g/mol. The van der Waals surface area contributed by atoms with Crippen LogP contribution in [0.1, 0.15) is 18.4 Å². The molecule has 0 atom stereocenters. The average molecular weight is 354 g/mol. The predicted molar refractivity (Wildman–Crippen MR) is 66.1 cm³/mol. The fraction of sp³-hybridized carbons (Fsp3) is 0.500. The van der Waals surface area contributed by atoms with E-state index in [4.69, 9.17) is 4.74 Å². The van der Waals surface area contributed by atoms with E-state index in [1.165, 1.54) is 13.3 Å². The Morgan fingerprint density at radius 2 is 2.10 bits per heavy atom. The van der Waals surface area contributed by atoms with Crippen molar-refractivity contribution in [2.75, 3.05) is 7.11 Å². The zero-order valence-corrected chi connectivity index (χ0v) is 12.0. The van der Waals surface area contributed by atoms with Crippen molar-refractivity contribution in [2.45, 2.75) is 25.1 Å². The van der Waals surface area contributed by atoms with Gasteiger partial charge in [-0.3, -0.25) is 4.79 Å². The van der Waals surface area contributed by atoms with Crippen LogP contribution in [0.2, 0.25) is 0 Å². The van der Waals surface area contributed by atoms with Gasteiger partial charge in [-0.15, -0.1) is 0 Å². The summed E-state index contributed by atoms with van der Waals surface area (Å²) >= 11 is 2.94. The normalized spacial score (nSPS) is 22.1. The lowest BCUT2D eigenvalue weighted by molar-refractivity contribution is -0.153. The highest BCUT2D eigenvalue weighted by Gasteiger charge is 2.40. The van der Waals surface area contributed by atoms with Gasteiger partial charge in [0.05, 0.1) is 13.0 Å². The fourth-order valence-corrected chi connectivity index (χ4v) is 2.23. The number of halogens is 4. The van der Waals surface area contributed by atoms with Gasteiger partial charge in [-0.2, -0.15) is 13.2 Å². The van der Waals surface area contributed by atoms with Crippen LogP contribution >= 0.6 is 15.9 Å². The van der Waals surface area contributed by atoms with E-state index in [1.54, 1.807) is 0 Å². The highest BCUT2D eigenvalue weighted by Crippen LogP contribution is 2.39. The van der Waals surface area contributed by atoms with Gasteiger partial charge in [0.25, 0.3) is 0 Å². The minimum Gasteiger partial charge on any atom is -0.474 e. The second-order valence-corrected chi connectivity index (χ2v) is 5.35. The van der Waals surface area contributed by atoms with Crippen molar-refractivity contribution >= 4 is 21.9 Å². The van der Waals surface area contributed by atoms with E-state index in [0.29, 0.717) is 12.8 Å². The molecule has 0 bridgehead atoms. The Bertz CT molecular complexity index is 515. The van der Waals surface area contributed by atoms with E-state index < -0.39 is 23.7 Å². The molecule has 1 aromatic rings. The number of rotatable bonds is 3. The van der Waals surface area contributed by atoms with Crippen molar-refractivity contribution < 1.29 is 27.4 Å². The molecule has 0 spiro atoms. The molecule has 0 unspecified atom stereocenters. The largest absolute Gasteiger partial charge is 0.474 e. The first-order valence-electron chi connectivity index (χ1n) is 5.78. The molecule has 2 rings (SSSR count). The Balaban J connectivity index is 2.06. The number of hydrogen-bond acceptors (Lipinski definition) is 4. The SMILES string of the molecule is COC(=O)[C@H]1C[C@H](Oc2ncc(Br)cc2C(F)(F)F)C1. The van der Waals surface area contributed by atoms with E-state index in [9.17, 15) is 18.0 Å². The number of nitrogens with zero attached hydrogens (tertiary/aromatic N) is 1. The molecular weight excluding hydrogens is 343 g/mol. The van der Waals surface area contributed by atoms with Gasteiger partial charge in [-0.1, -0.05) is 0 Å². The molecule has 1 aromatic heterocycles. The predicted octanol–water partition coefficient (Wildman–Crippen LogP) is 3.19. The van der Waals surface area contributed by atoms with Crippen LogP contribution in [0.3, 0.4) is 0 Å². The number of pyridine rings is 1. The maximum absolute atomic E-state index is 12.8. The number of methoxy groups -OCH3 is 1. The minimum absolute atomic E-state index is 0.221. The van der Waals surface area contributed by atoms with Crippen LogP contribution in [0.5, 0.6) is 5.88 Å². The molecule has 0 aromatic carbocycles. The molecule has 0 radical (unpaired) electrons. The molecule has 8 heteroatoms. The van der Waals surface area contributed by atoms with Crippen molar-refractivity contribution in [1.82, 2.24) is 4.98 Å². The number of aromatic nitrogens is 1. The van der Waals surface area contributed by atoms with Gasteiger partial charge in [-0.25, -0.2) is 4.98 Å². The lowest BCUT2D eigenvalue weighted by Gasteiger charge is -2.33. The molecule has 4 nitrogen and oxygen atoms in total. The Morgan fingerprint density at radius 3 is 2.65 bits per heavy atom. The fourth-order valence-electron chi connectivity index (χ4n) is 1.90. The topological polar surface area (TPSA) is 48.4 Å². The summed E-state index contributed by atoms with van der Waals surface area (Å²) in [5.41, 5.74) is -0.937. The summed E-state index contributed by atoms with van der Waals surface area (Å²) in [5, 5.41) is 0. The zero-order chi connectivity index (χ0) is 14.9. The second kappa shape index (κ2) is 5.59. The van der Waals surface area contributed by atoms with Crippen molar-refractivity contribution in [3.8, 4) is 5.88 Å². The number of hydrogen-bond donors (Lipinski definition) is 0. The quantitative estimate of drug-likeness (QED) is 0.783. The number of carbonyl (C=O) groups excluding carboxylic acids is 1. The lowest BCUT2D eigenvalue weighted by atomic mass is 9.82. The van der Waals surface area contributed by atoms with Gasteiger partial charge in [-0.05, 0) is 34.8 Å². The summed E-state index contributed by atoms with van der Waals surface area (Å²) < 4.78 is 48.5. The number of esters is 1. The van der Waals surface area contributed by atoms with Crippen LogP contribution in [0.25, 0.3) is 0 Å². The summed E-state index contributed by atoms with van der Waals surface area (Å²) in [6.07, 6.45) is -3.09. The van der Waals surface area contributed by atoms with Gasteiger partial charge in [0.15, 0.2) is 0 Å². The summed E-state index contributed by atoms with van der Waals surface area (Å²) in [4.78, 5) is 14.8. The number of alkyl halides is 3. The molecule has 1 saturated carbocycles. The Kier molecular flexibility index (Phi) is 4.22. The van der Waals surface area contributed by atoms with Crippen molar-refractivity contribution in [3.05, 3.63) is 22.3 Å². The van der Waals surface area contributed by atoms with Crippen molar-refractivity contribution in [3.63, 3.8) is 0 Å². The number of carbonyl (C=O) groups is 1. The Hall–Kier alpha value is -1.31. The van der Waals surface area contributed by atoms with Crippen molar-refractivity contribution in [2.24, 2.45) is 5.92 Å². The van der Waals surface area contributed by atoms with E-state index in [1.807, 2.05) is 0 Å². The van der Waals surface area contributed by atoms with E-state index >= 15 is 0 Å². The van der Waals surface area contributed by atoms with Crippen LogP contribution in [0.15, 0.2) is 16.7 Å². The molecule has 1 heterocycles. The smallest absolute Gasteiger partial charge is 0.421 e. The van der Waals surface area contributed by atoms with E-state index in [-0.39, 0.29) is 16.4 Å². The molecule has 1 fully saturated rings. The van der Waals surface area contributed by atoms with Gasteiger partial charge in [0.2, 0.25) is 5.88 Å². The second-order valence-electron chi connectivity index (χ2n) is 4.44. The molecule has 0 aliphatic heterocycles. The number of ether oxygens (including phenoxy) is 2. The van der Waals surface area contributed by atoms with Gasteiger partial charge in [0.1, 0.15) is 11.7 Å². The molecule has 1 aliphatic rings. The molecule has 20 heavy (non-hydrogen) atoms. The first-order valence-corrected chi connectivity index (χ1v) is 6.57. The van der Waals surface area contributed by atoms with Crippen LogP contribution in [-0.2, 0) is 15.7 Å². The van der Waals surface area contributed by atoms with Crippen LogP contribution in [0.4, 0.5) is 13.2 Å². The highest BCUT2D eigenvalue weighted by atomic mass is 79.9. The lowest BCUT2D eigenvalue weighted by Crippen LogP contribution is -2.39. The first-order chi connectivity index (χ1) is 9.31. The first kappa shape index (κ1) is 15.1. The zero-order valence-electron chi connectivity index (χ0n) is 10.4. The highest BCUT2D eigenvalue weighted by molar-refractivity contribution is 9.10.